The molecule has 7 nitrogen and oxygen atoms in total. The summed E-state index contributed by atoms with van der Waals surface area (Å²) in [5.74, 6) is 1.30. The van der Waals surface area contributed by atoms with Crippen LogP contribution in [0.15, 0.2) is 4.99 Å². The van der Waals surface area contributed by atoms with Gasteiger partial charge >= 0.3 is 0 Å². The van der Waals surface area contributed by atoms with E-state index in [4.69, 9.17) is 14.5 Å². The van der Waals surface area contributed by atoms with Crippen LogP contribution in [0.5, 0.6) is 0 Å². The van der Waals surface area contributed by atoms with E-state index < -0.39 is 0 Å². The van der Waals surface area contributed by atoms with E-state index in [2.05, 4.69) is 17.1 Å². The average Bonchev–Trinajstić information content (AvgIpc) is 3.07. The molecule has 158 valence electrons. The van der Waals surface area contributed by atoms with Gasteiger partial charge in [0.15, 0.2) is 5.96 Å². The first kappa shape index (κ1) is 24.4. The van der Waals surface area contributed by atoms with Crippen LogP contribution in [0.1, 0.15) is 45.4 Å². The van der Waals surface area contributed by atoms with Crippen LogP contribution in [0.4, 0.5) is 0 Å². The molecular weight excluding hydrogens is 459 g/mol. The number of guanidine groups is 1. The summed E-state index contributed by atoms with van der Waals surface area (Å²) in [5, 5.41) is 3.40. The molecule has 0 aromatic heterocycles. The van der Waals surface area contributed by atoms with Gasteiger partial charge in [-0.2, -0.15) is 0 Å². The minimum Gasteiger partial charge on any atom is -0.385 e. The monoisotopic (exact) mass is 496 g/mol. The second-order valence-electron chi connectivity index (χ2n) is 6.98. The van der Waals surface area contributed by atoms with E-state index in [0.29, 0.717) is 18.4 Å². The highest BCUT2D eigenvalue weighted by Crippen LogP contribution is 2.14. The molecule has 0 spiro atoms. The summed E-state index contributed by atoms with van der Waals surface area (Å²) in [6.07, 6.45) is 6.05. The SMILES string of the molecule is CCNC(=NCCCN1CCCC1=O)N1CCC(OCCCOC)CC1.I. The van der Waals surface area contributed by atoms with Crippen molar-refractivity contribution in [1.82, 2.24) is 15.1 Å². The number of hydrogen-bond acceptors (Lipinski definition) is 4. The van der Waals surface area contributed by atoms with Gasteiger partial charge in [0.25, 0.3) is 0 Å². The quantitative estimate of drug-likeness (QED) is 0.217. The largest absolute Gasteiger partial charge is 0.385 e. The second kappa shape index (κ2) is 14.4. The molecule has 2 rings (SSSR count). The Bertz CT molecular complexity index is 443. The molecule has 0 unspecified atom stereocenters. The number of carbonyl (C=O) groups excluding carboxylic acids is 1. The summed E-state index contributed by atoms with van der Waals surface area (Å²) >= 11 is 0. The van der Waals surface area contributed by atoms with E-state index in [1.807, 2.05) is 4.90 Å². The van der Waals surface area contributed by atoms with Crippen molar-refractivity contribution in [2.45, 2.75) is 51.6 Å². The predicted octanol–water partition coefficient (Wildman–Crippen LogP) is 2.10. The number of nitrogens with zero attached hydrogens (tertiary/aromatic N) is 3. The smallest absolute Gasteiger partial charge is 0.222 e. The van der Waals surface area contributed by atoms with Gasteiger partial charge in [0, 0.05) is 66.0 Å². The molecule has 8 heteroatoms. The third kappa shape index (κ3) is 8.95. The first-order chi connectivity index (χ1) is 12.7. The highest BCUT2D eigenvalue weighted by atomic mass is 127. The molecular formula is C19H37IN4O3. The van der Waals surface area contributed by atoms with Gasteiger partial charge in [0.2, 0.25) is 5.91 Å². The molecule has 0 aliphatic carbocycles. The van der Waals surface area contributed by atoms with Crippen molar-refractivity contribution in [3.63, 3.8) is 0 Å². The summed E-state index contributed by atoms with van der Waals surface area (Å²) in [6, 6.07) is 0. The van der Waals surface area contributed by atoms with Crippen LogP contribution in [0.2, 0.25) is 0 Å². The van der Waals surface area contributed by atoms with Crippen LogP contribution >= 0.6 is 24.0 Å². The van der Waals surface area contributed by atoms with Crippen LogP contribution in [0.3, 0.4) is 0 Å². The molecule has 1 amide bonds. The maximum Gasteiger partial charge on any atom is 0.222 e. The fourth-order valence-corrected chi connectivity index (χ4v) is 3.50. The standard InChI is InChI=1S/C19H36N4O3.HI/c1-3-20-19(21-10-5-12-22-11-4-7-18(22)24)23-13-8-17(9-14-23)26-16-6-15-25-2;/h17H,3-16H2,1-2H3,(H,20,21);1H. The lowest BCUT2D eigenvalue weighted by molar-refractivity contribution is -0.127. The highest BCUT2D eigenvalue weighted by molar-refractivity contribution is 14.0. The first-order valence-electron chi connectivity index (χ1n) is 10.2. The van der Waals surface area contributed by atoms with Crippen molar-refractivity contribution in [1.29, 1.82) is 0 Å². The Hall–Kier alpha value is -0.610. The van der Waals surface area contributed by atoms with Crippen LogP contribution in [0.25, 0.3) is 0 Å². The average molecular weight is 496 g/mol. The number of hydrogen-bond donors (Lipinski definition) is 1. The zero-order chi connectivity index (χ0) is 18.6. The number of ether oxygens (including phenoxy) is 2. The van der Waals surface area contributed by atoms with Crippen molar-refractivity contribution >= 4 is 35.8 Å². The number of rotatable bonds is 10. The summed E-state index contributed by atoms with van der Waals surface area (Å²) in [6.45, 7) is 8.98. The van der Waals surface area contributed by atoms with Gasteiger partial charge in [-0.05, 0) is 39.0 Å². The first-order valence-corrected chi connectivity index (χ1v) is 10.2. The van der Waals surface area contributed by atoms with Crippen LogP contribution in [-0.4, -0.2) is 87.4 Å². The van der Waals surface area contributed by atoms with E-state index in [0.717, 1.165) is 90.5 Å². The molecule has 0 aromatic rings. The van der Waals surface area contributed by atoms with Gasteiger partial charge in [-0.1, -0.05) is 0 Å². The number of likely N-dealkylation sites (tertiary alicyclic amines) is 2. The fraction of sp³-hybridized carbons (Fsp3) is 0.895. The van der Waals surface area contributed by atoms with Gasteiger partial charge in [0.05, 0.1) is 6.10 Å². The van der Waals surface area contributed by atoms with Crippen molar-refractivity contribution in [3.8, 4) is 0 Å². The predicted molar refractivity (Wildman–Crippen MR) is 119 cm³/mol. The van der Waals surface area contributed by atoms with Gasteiger partial charge in [0.1, 0.15) is 0 Å². The normalized spacial score (nSPS) is 18.7. The van der Waals surface area contributed by atoms with Crippen LogP contribution < -0.4 is 5.32 Å². The Balaban J connectivity index is 0.00000364. The van der Waals surface area contributed by atoms with Crippen LogP contribution in [-0.2, 0) is 14.3 Å². The Labute approximate surface area is 181 Å². The molecule has 0 atom stereocenters. The maximum absolute atomic E-state index is 11.6. The maximum atomic E-state index is 11.6. The molecule has 2 fully saturated rings. The van der Waals surface area contributed by atoms with Crippen molar-refractivity contribution < 1.29 is 14.3 Å². The number of halogens is 1. The lowest BCUT2D eigenvalue weighted by Gasteiger charge is -2.34. The summed E-state index contributed by atoms with van der Waals surface area (Å²) in [7, 11) is 1.73. The minimum atomic E-state index is 0. The number of piperidine rings is 1. The molecule has 0 saturated carbocycles. The zero-order valence-electron chi connectivity index (χ0n) is 17.0. The van der Waals surface area contributed by atoms with Gasteiger partial charge in [-0.25, -0.2) is 0 Å². The number of aliphatic imine (C=N–C) groups is 1. The number of methoxy groups -OCH3 is 1. The molecule has 2 aliphatic rings. The van der Waals surface area contributed by atoms with Crippen molar-refractivity contribution in [2.24, 2.45) is 4.99 Å². The molecule has 0 bridgehead atoms. The second-order valence-corrected chi connectivity index (χ2v) is 6.98. The minimum absolute atomic E-state index is 0. The molecule has 0 radical (unpaired) electrons. The number of amides is 1. The fourth-order valence-electron chi connectivity index (χ4n) is 3.50. The van der Waals surface area contributed by atoms with E-state index in [1.54, 1.807) is 7.11 Å². The molecule has 2 aliphatic heterocycles. The summed E-state index contributed by atoms with van der Waals surface area (Å²) in [5.41, 5.74) is 0. The third-order valence-corrected chi connectivity index (χ3v) is 4.94. The van der Waals surface area contributed by atoms with Gasteiger partial charge in [-0.15, -0.1) is 24.0 Å². The molecule has 27 heavy (non-hydrogen) atoms. The van der Waals surface area contributed by atoms with Gasteiger partial charge < -0.3 is 24.6 Å². The molecule has 1 N–H and O–H groups in total. The molecule has 2 heterocycles. The zero-order valence-corrected chi connectivity index (χ0v) is 19.3. The van der Waals surface area contributed by atoms with E-state index in [1.165, 1.54) is 0 Å². The lowest BCUT2D eigenvalue weighted by Crippen LogP contribution is -2.47. The van der Waals surface area contributed by atoms with Gasteiger partial charge in [-0.3, -0.25) is 9.79 Å². The molecule has 0 aromatic carbocycles. The van der Waals surface area contributed by atoms with E-state index in [9.17, 15) is 4.79 Å². The molecule has 2 saturated heterocycles. The Morgan fingerprint density at radius 2 is 2.00 bits per heavy atom. The van der Waals surface area contributed by atoms with Crippen molar-refractivity contribution in [2.75, 3.05) is 59.6 Å². The Kier molecular flexibility index (Phi) is 13.0. The van der Waals surface area contributed by atoms with E-state index >= 15 is 0 Å². The topological polar surface area (TPSA) is 66.4 Å². The Morgan fingerprint density at radius 3 is 2.63 bits per heavy atom. The number of carbonyl (C=O) groups is 1. The van der Waals surface area contributed by atoms with Crippen molar-refractivity contribution in [3.05, 3.63) is 0 Å². The Morgan fingerprint density at radius 1 is 1.22 bits per heavy atom. The third-order valence-electron chi connectivity index (χ3n) is 4.94. The lowest BCUT2D eigenvalue weighted by atomic mass is 10.1. The van der Waals surface area contributed by atoms with Crippen LogP contribution in [0, 0.1) is 0 Å². The summed E-state index contributed by atoms with van der Waals surface area (Å²) in [4.78, 5) is 20.7. The summed E-state index contributed by atoms with van der Waals surface area (Å²) < 4.78 is 11.0. The van der Waals surface area contributed by atoms with E-state index in [-0.39, 0.29) is 24.0 Å². The number of nitrogens with one attached hydrogen (secondary N) is 1. The highest BCUT2D eigenvalue weighted by Gasteiger charge is 2.22.